The van der Waals surface area contributed by atoms with E-state index in [1.165, 1.54) is 26.1 Å². The van der Waals surface area contributed by atoms with Gasteiger partial charge in [-0.25, -0.2) is 4.79 Å². The predicted molar refractivity (Wildman–Crippen MR) is 152 cm³/mol. The van der Waals surface area contributed by atoms with Gasteiger partial charge in [-0.05, 0) is 81.2 Å². The van der Waals surface area contributed by atoms with Gasteiger partial charge in [0.2, 0.25) is 5.91 Å². The van der Waals surface area contributed by atoms with Crippen molar-refractivity contribution in [1.82, 2.24) is 14.9 Å². The molecule has 2 aliphatic carbocycles. The Balaban J connectivity index is 1.28. The summed E-state index contributed by atoms with van der Waals surface area (Å²) < 4.78 is 43.0. The van der Waals surface area contributed by atoms with Crippen molar-refractivity contribution in [3.8, 4) is 0 Å². The number of anilines is 2. The number of nitrogens with two attached hydrogens (primary N) is 1. The molecular weight excluding hydrogens is 549 g/mol. The minimum atomic E-state index is -4.69. The maximum Gasteiger partial charge on any atom is 0.413 e. The van der Waals surface area contributed by atoms with Crippen LogP contribution in [0.4, 0.5) is 24.5 Å². The summed E-state index contributed by atoms with van der Waals surface area (Å²) in [6.45, 7) is 1.48. The van der Waals surface area contributed by atoms with E-state index in [1.807, 2.05) is 12.1 Å². The van der Waals surface area contributed by atoms with Crippen molar-refractivity contribution in [3.63, 3.8) is 0 Å². The van der Waals surface area contributed by atoms with Gasteiger partial charge in [-0.2, -0.15) is 13.2 Å². The Hall–Kier alpha value is -4.22. The summed E-state index contributed by atoms with van der Waals surface area (Å²) in [6.07, 6.45) is 2.06. The molecule has 0 unspecified atom stereocenters. The molecule has 3 N–H and O–H groups in total. The number of oxime groups is 1. The van der Waals surface area contributed by atoms with Gasteiger partial charge in [0, 0.05) is 30.4 Å². The predicted octanol–water partition coefficient (Wildman–Crippen LogP) is 5.95. The van der Waals surface area contributed by atoms with Crippen molar-refractivity contribution in [2.45, 2.75) is 63.6 Å². The average Bonchev–Trinajstić information content (AvgIpc) is 3.81. The van der Waals surface area contributed by atoms with Gasteiger partial charge in [-0.15, -0.1) is 0 Å². The normalized spacial score (nSPS) is 20.2. The van der Waals surface area contributed by atoms with E-state index in [-0.39, 0.29) is 24.2 Å². The third-order valence-electron chi connectivity index (χ3n) is 7.89. The SMILES string of the molecule is C/C(N)=N/OC(=O)C1CCC(C(=O)N(C)[C@H](c2ccc(Nc3cnc4cccnc4c3C3CC3)cc2)C(F)(F)F)CC1. The van der Waals surface area contributed by atoms with Crippen molar-refractivity contribution in [3.05, 3.63) is 59.9 Å². The van der Waals surface area contributed by atoms with Gasteiger partial charge in [0.15, 0.2) is 6.04 Å². The fourth-order valence-electron chi connectivity index (χ4n) is 5.64. The molecule has 222 valence electrons. The van der Waals surface area contributed by atoms with Crippen molar-refractivity contribution in [2.75, 3.05) is 12.4 Å². The van der Waals surface area contributed by atoms with Crippen molar-refractivity contribution in [1.29, 1.82) is 0 Å². The lowest BCUT2D eigenvalue weighted by Gasteiger charge is -2.35. The van der Waals surface area contributed by atoms with Crippen LogP contribution in [0.5, 0.6) is 0 Å². The molecule has 12 heteroatoms. The van der Waals surface area contributed by atoms with Crippen LogP contribution in [0, 0.1) is 11.8 Å². The maximum atomic E-state index is 14.3. The van der Waals surface area contributed by atoms with Crippen molar-refractivity contribution >= 4 is 40.1 Å². The Morgan fingerprint density at radius 3 is 2.33 bits per heavy atom. The number of amides is 1. The zero-order chi connectivity index (χ0) is 30.0. The third-order valence-corrected chi connectivity index (χ3v) is 7.89. The highest BCUT2D eigenvalue weighted by Gasteiger charge is 2.46. The summed E-state index contributed by atoms with van der Waals surface area (Å²) in [5.41, 5.74) is 9.40. The quantitative estimate of drug-likeness (QED) is 0.146. The molecule has 5 rings (SSSR count). The van der Waals surface area contributed by atoms with Gasteiger partial charge in [0.1, 0.15) is 5.84 Å². The van der Waals surface area contributed by atoms with Crippen LogP contribution in [-0.2, 0) is 14.4 Å². The molecule has 2 aliphatic rings. The summed E-state index contributed by atoms with van der Waals surface area (Å²) in [6, 6.07) is 7.56. The number of carbonyl (C=O) groups is 2. The molecule has 0 spiro atoms. The lowest BCUT2D eigenvalue weighted by molar-refractivity contribution is -0.191. The number of alkyl halides is 3. The number of fused-ring (bicyclic) bond motifs is 1. The van der Waals surface area contributed by atoms with Crippen LogP contribution in [0.1, 0.15) is 68.5 Å². The van der Waals surface area contributed by atoms with Gasteiger partial charge >= 0.3 is 12.1 Å². The molecule has 0 aliphatic heterocycles. The summed E-state index contributed by atoms with van der Waals surface area (Å²) >= 11 is 0. The molecule has 2 aromatic heterocycles. The van der Waals surface area contributed by atoms with E-state index < -0.39 is 35.9 Å². The number of hydrogen-bond donors (Lipinski definition) is 2. The number of nitrogens with one attached hydrogen (secondary N) is 1. The number of pyridine rings is 2. The average molecular weight is 583 g/mol. The standard InChI is InChI=1S/C30H33F3N6O3/c1-17(34)38-42-29(41)21-9-7-20(8-10-21)28(40)39(2)27(30(31,32)33)19-11-13-22(14-12-19)37-24-16-36-23-4-3-15-35-26(23)25(24)18-5-6-18/h3-4,11-16,18,20-21,27,37H,5-10H2,1-2H3,(H2,34,38)/t20?,21?,27-/m1/s1. The first-order valence-electron chi connectivity index (χ1n) is 14.0. The summed E-state index contributed by atoms with van der Waals surface area (Å²) in [5.74, 6) is -1.80. The van der Waals surface area contributed by atoms with E-state index >= 15 is 0 Å². The topological polar surface area (TPSA) is 123 Å². The van der Waals surface area contributed by atoms with E-state index in [0.29, 0.717) is 24.4 Å². The number of carbonyl (C=O) groups excluding carboxylic acids is 2. The van der Waals surface area contributed by atoms with E-state index in [9.17, 15) is 22.8 Å². The van der Waals surface area contributed by atoms with E-state index in [2.05, 4.69) is 20.4 Å². The number of rotatable bonds is 8. The summed E-state index contributed by atoms with van der Waals surface area (Å²) in [5, 5.41) is 6.76. The van der Waals surface area contributed by atoms with Gasteiger partial charge < -0.3 is 20.8 Å². The molecule has 0 saturated heterocycles. The van der Waals surface area contributed by atoms with E-state index in [4.69, 9.17) is 10.6 Å². The van der Waals surface area contributed by atoms with Crippen LogP contribution in [-0.4, -0.2) is 45.8 Å². The molecule has 0 bridgehead atoms. The van der Waals surface area contributed by atoms with Gasteiger partial charge in [0.25, 0.3) is 0 Å². The monoisotopic (exact) mass is 582 g/mol. The Labute approximate surface area is 241 Å². The molecule has 1 aromatic carbocycles. The molecule has 2 heterocycles. The maximum absolute atomic E-state index is 14.3. The van der Waals surface area contributed by atoms with Crippen LogP contribution in [0.25, 0.3) is 11.0 Å². The van der Waals surface area contributed by atoms with Crippen LogP contribution >= 0.6 is 0 Å². The molecule has 1 atom stereocenters. The Kier molecular flexibility index (Phi) is 8.33. The molecular formula is C30H33F3N6O3. The highest BCUT2D eigenvalue weighted by molar-refractivity contribution is 5.85. The fraction of sp³-hybridized carbons (Fsp3) is 0.433. The number of amidine groups is 1. The first-order chi connectivity index (χ1) is 20.0. The van der Waals surface area contributed by atoms with Crippen LogP contribution < -0.4 is 11.1 Å². The fourth-order valence-corrected chi connectivity index (χ4v) is 5.64. The first kappa shape index (κ1) is 29.3. The molecule has 2 fully saturated rings. The number of nitrogens with zero attached hydrogens (tertiary/aromatic N) is 4. The number of halogens is 3. The van der Waals surface area contributed by atoms with Gasteiger partial charge in [0.05, 0.1) is 28.8 Å². The molecule has 1 amide bonds. The highest BCUT2D eigenvalue weighted by Crippen LogP contribution is 2.46. The lowest BCUT2D eigenvalue weighted by atomic mass is 9.81. The second-order valence-corrected chi connectivity index (χ2v) is 11.1. The van der Waals surface area contributed by atoms with Crippen LogP contribution in [0.15, 0.2) is 53.9 Å². The second-order valence-electron chi connectivity index (χ2n) is 11.1. The molecule has 0 radical (unpaired) electrons. The van der Waals surface area contributed by atoms with Crippen molar-refractivity contribution in [2.24, 2.45) is 22.7 Å². The second kappa shape index (κ2) is 11.9. The molecule has 42 heavy (non-hydrogen) atoms. The minimum Gasteiger partial charge on any atom is -0.385 e. The van der Waals surface area contributed by atoms with Crippen LogP contribution in [0.2, 0.25) is 0 Å². The zero-order valence-electron chi connectivity index (χ0n) is 23.4. The van der Waals surface area contributed by atoms with E-state index in [0.717, 1.165) is 40.0 Å². The minimum absolute atomic E-state index is 0.0445. The number of hydrogen-bond acceptors (Lipinski definition) is 7. The van der Waals surface area contributed by atoms with Crippen molar-refractivity contribution < 1.29 is 27.6 Å². The van der Waals surface area contributed by atoms with Crippen LogP contribution in [0.3, 0.4) is 0 Å². The third kappa shape index (κ3) is 6.47. The zero-order valence-corrected chi connectivity index (χ0v) is 23.4. The summed E-state index contributed by atoms with van der Waals surface area (Å²) in [4.78, 5) is 39.9. The van der Waals surface area contributed by atoms with Gasteiger partial charge in [-0.3, -0.25) is 14.8 Å². The number of aromatic nitrogens is 2. The Morgan fingerprint density at radius 1 is 1.05 bits per heavy atom. The number of benzene rings is 1. The largest absolute Gasteiger partial charge is 0.413 e. The Bertz CT molecular complexity index is 1480. The molecule has 3 aromatic rings. The van der Waals surface area contributed by atoms with Gasteiger partial charge in [-0.1, -0.05) is 17.3 Å². The summed E-state index contributed by atoms with van der Waals surface area (Å²) in [7, 11) is 1.18. The Morgan fingerprint density at radius 2 is 1.71 bits per heavy atom. The first-order valence-corrected chi connectivity index (χ1v) is 14.0. The molecule has 2 saturated carbocycles. The van der Waals surface area contributed by atoms with E-state index in [1.54, 1.807) is 24.5 Å². The smallest absolute Gasteiger partial charge is 0.385 e. The highest BCUT2D eigenvalue weighted by atomic mass is 19.4. The lowest BCUT2D eigenvalue weighted by Crippen LogP contribution is -2.43. The molecule has 9 nitrogen and oxygen atoms in total.